The number of carbonyl (C=O) groups is 1. The molecule has 1 aromatic rings. The molecule has 1 rings (SSSR count). The van der Waals surface area contributed by atoms with E-state index in [4.69, 9.17) is 0 Å². The number of pyridine rings is 1. The summed E-state index contributed by atoms with van der Waals surface area (Å²) in [5, 5.41) is 2.67. The predicted molar refractivity (Wildman–Crippen MR) is 51.0 cm³/mol. The lowest BCUT2D eigenvalue weighted by molar-refractivity contribution is -0.114. The Balaban J connectivity index is 2.97. The zero-order chi connectivity index (χ0) is 9.14. The maximum absolute atomic E-state index is 10.7. The lowest BCUT2D eigenvalue weighted by Crippen LogP contribution is -2.06. The van der Waals surface area contributed by atoms with Gasteiger partial charge in [0.25, 0.3) is 0 Å². The molecule has 64 valence electrons. The molecule has 12 heavy (non-hydrogen) atoms. The van der Waals surface area contributed by atoms with Gasteiger partial charge in [-0.25, -0.2) is 4.98 Å². The van der Waals surface area contributed by atoms with Gasteiger partial charge in [0.15, 0.2) is 0 Å². The molecule has 0 spiro atoms. The number of aromatic nitrogens is 1. The van der Waals surface area contributed by atoms with Crippen molar-refractivity contribution in [3.8, 4) is 0 Å². The van der Waals surface area contributed by atoms with Crippen LogP contribution in [0.5, 0.6) is 0 Å². The third kappa shape index (κ3) is 2.30. The first-order chi connectivity index (χ1) is 5.59. The molecule has 0 atom stereocenters. The van der Waals surface area contributed by atoms with Crippen LogP contribution in [-0.2, 0) is 4.79 Å². The molecule has 0 fully saturated rings. The summed E-state index contributed by atoms with van der Waals surface area (Å²) in [6, 6.07) is 1.86. The van der Waals surface area contributed by atoms with Gasteiger partial charge in [-0.2, -0.15) is 0 Å². The number of hydrogen-bond donors (Lipinski definition) is 1. The van der Waals surface area contributed by atoms with Crippen molar-refractivity contribution in [2.45, 2.75) is 13.8 Å². The fourth-order valence-corrected chi connectivity index (χ4v) is 1.15. The van der Waals surface area contributed by atoms with Crippen LogP contribution < -0.4 is 5.32 Å². The Bertz CT molecular complexity index is 312. The molecular formula is C8H9BrN2O. The van der Waals surface area contributed by atoms with Crippen molar-refractivity contribution in [3.05, 3.63) is 22.4 Å². The van der Waals surface area contributed by atoms with E-state index in [2.05, 4.69) is 26.2 Å². The highest BCUT2D eigenvalue weighted by Crippen LogP contribution is 2.19. The molecule has 1 amide bonds. The lowest BCUT2D eigenvalue weighted by Gasteiger charge is -2.04. The van der Waals surface area contributed by atoms with Crippen molar-refractivity contribution in [1.82, 2.24) is 4.98 Å². The summed E-state index contributed by atoms with van der Waals surface area (Å²) in [5.74, 6) is -0.0944. The highest BCUT2D eigenvalue weighted by molar-refractivity contribution is 9.10. The summed E-state index contributed by atoms with van der Waals surface area (Å²) in [5.41, 5.74) is 1.73. The number of carbonyl (C=O) groups excluding carboxylic acids is 1. The van der Waals surface area contributed by atoms with E-state index in [1.54, 1.807) is 6.20 Å². The molecule has 0 saturated carbocycles. The molecule has 0 bridgehead atoms. The van der Waals surface area contributed by atoms with E-state index >= 15 is 0 Å². The third-order valence-corrected chi connectivity index (χ3v) is 1.92. The van der Waals surface area contributed by atoms with Crippen LogP contribution in [0.25, 0.3) is 0 Å². The number of aryl methyl sites for hydroxylation is 1. The highest BCUT2D eigenvalue weighted by atomic mass is 79.9. The Morgan fingerprint density at radius 2 is 2.33 bits per heavy atom. The zero-order valence-electron chi connectivity index (χ0n) is 6.89. The Kier molecular flexibility index (Phi) is 2.81. The van der Waals surface area contributed by atoms with E-state index in [-0.39, 0.29) is 5.91 Å². The van der Waals surface area contributed by atoms with Crippen LogP contribution in [0, 0.1) is 6.92 Å². The zero-order valence-corrected chi connectivity index (χ0v) is 8.47. The molecule has 0 saturated heterocycles. The molecule has 0 radical (unpaired) electrons. The summed E-state index contributed by atoms with van der Waals surface area (Å²) in [6.45, 7) is 3.39. The maximum Gasteiger partial charge on any atom is 0.221 e. The topological polar surface area (TPSA) is 42.0 Å². The van der Waals surface area contributed by atoms with Gasteiger partial charge >= 0.3 is 0 Å². The average Bonchev–Trinajstić information content (AvgIpc) is 1.96. The second-order valence-electron chi connectivity index (χ2n) is 2.53. The Labute approximate surface area is 79.3 Å². The van der Waals surface area contributed by atoms with Gasteiger partial charge < -0.3 is 5.32 Å². The van der Waals surface area contributed by atoms with Crippen LogP contribution in [0.4, 0.5) is 5.69 Å². The van der Waals surface area contributed by atoms with Crippen LogP contribution in [0.2, 0.25) is 0 Å². The van der Waals surface area contributed by atoms with Crippen molar-refractivity contribution >= 4 is 27.5 Å². The van der Waals surface area contributed by atoms with Gasteiger partial charge in [-0.05, 0) is 34.5 Å². The number of anilines is 1. The van der Waals surface area contributed by atoms with E-state index in [1.165, 1.54) is 6.92 Å². The first-order valence-corrected chi connectivity index (χ1v) is 4.28. The van der Waals surface area contributed by atoms with E-state index in [0.717, 1.165) is 5.56 Å². The molecule has 3 nitrogen and oxygen atoms in total. The minimum Gasteiger partial charge on any atom is -0.324 e. The number of rotatable bonds is 1. The smallest absolute Gasteiger partial charge is 0.221 e. The highest BCUT2D eigenvalue weighted by Gasteiger charge is 2.01. The molecule has 1 heterocycles. The molecule has 0 aliphatic heterocycles. The Morgan fingerprint density at radius 1 is 1.67 bits per heavy atom. The third-order valence-electron chi connectivity index (χ3n) is 1.29. The molecule has 0 unspecified atom stereocenters. The van der Waals surface area contributed by atoms with Crippen molar-refractivity contribution in [2.75, 3.05) is 5.32 Å². The fourth-order valence-electron chi connectivity index (χ4n) is 0.830. The quantitative estimate of drug-likeness (QED) is 0.749. The Morgan fingerprint density at radius 3 is 2.92 bits per heavy atom. The minimum atomic E-state index is -0.0944. The molecule has 1 N–H and O–H groups in total. The van der Waals surface area contributed by atoms with Gasteiger partial charge in [0.2, 0.25) is 5.91 Å². The minimum absolute atomic E-state index is 0.0944. The normalized spacial score (nSPS) is 9.58. The average molecular weight is 229 g/mol. The van der Waals surface area contributed by atoms with E-state index in [9.17, 15) is 4.79 Å². The van der Waals surface area contributed by atoms with Crippen molar-refractivity contribution < 1.29 is 4.79 Å². The molecular weight excluding hydrogens is 220 g/mol. The van der Waals surface area contributed by atoms with Gasteiger partial charge in [0.05, 0.1) is 5.69 Å². The van der Waals surface area contributed by atoms with Crippen LogP contribution in [0.1, 0.15) is 12.5 Å². The van der Waals surface area contributed by atoms with Gasteiger partial charge in [0, 0.05) is 13.1 Å². The van der Waals surface area contributed by atoms with Crippen molar-refractivity contribution in [3.63, 3.8) is 0 Å². The van der Waals surface area contributed by atoms with Crippen LogP contribution >= 0.6 is 15.9 Å². The van der Waals surface area contributed by atoms with E-state index in [0.29, 0.717) is 10.3 Å². The number of nitrogens with one attached hydrogen (secondary N) is 1. The van der Waals surface area contributed by atoms with Gasteiger partial charge in [0.1, 0.15) is 4.60 Å². The largest absolute Gasteiger partial charge is 0.324 e. The van der Waals surface area contributed by atoms with E-state index < -0.39 is 0 Å². The van der Waals surface area contributed by atoms with Crippen molar-refractivity contribution in [1.29, 1.82) is 0 Å². The summed E-state index contributed by atoms with van der Waals surface area (Å²) < 4.78 is 0.656. The summed E-state index contributed by atoms with van der Waals surface area (Å²) in [6.07, 6.45) is 1.73. The van der Waals surface area contributed by atoms with Gasteiger partial charge in [-0.1, -0.05) is 0 Å². The maximum atomic E-state index is 10.7. The molecule has 0 aromatic carbocycles. The van der Waals surface area contributed by atoms with Gasteiger partial charge in [-0.15, -0.1) is 0 Å². The summed E-state index contributed by atoms with van der Waals surface area (Å²) >= 11 is 3.23. The second-order valence-corrected chi connectivity index (χ2v) is 3.28. The molecule has 0 aliphatic rings. The number of amides is 1. The standard InChI is InChI=1S/C8H9BrN2O/c1-5-3-7(11-6(2)12)8(9)10-4-5/h3-4H,1-2H3,(H,11,12). The van der Waals surface area contributed by atoms with Crippen LogP contribution in [0.15, 0.2) is 16.9 Å². The monoisotopic (exact) mass is 228 g/mol. The van der Waals surface area contributed by atoms with Crippen LogP contribution in [-0.4, -0.2) is 10.9 Å². The summed E-state index contributed by atoms with van der Waals surface area (Å²) in [7, 11) is 0. The number of halogens is 1. The number of hydrogen-bond acceptors (Lipinski definition) is 2. The van der Waals surface area contributed by atoms with Gasteiger partial charge in [-0.3, -0.25) is 4.79 Å². The molecule has 0 aliphatic carbocycles. The van der Waals surface area contributed by atoms with Crippen LogP contribution in [0.3, 0.4) is 0 Å². The fraction of sp³-hybridized carbons (Fsp3) is 0.250. The number of nitrogens with zero attached hydrogens (tertiary/aromatic N) is 1. The summed E-state index contributed by atoms with van der Waals surface area (Å²) in [4.78, 5) is 14.8. The first-order valence-electron chi connectivity index (χ1n) is 3.49. The predicted octanol–water partition coefficient (Wildman–Crippen LogP) is 2.11. The molecule has 4 heteroatoms. The SMILES string of the molecule is CC(=O)Nc1cc(C)cnc1Br. The second kappa shape index (κ2) is 3.67. The lowest BCUT2D eigenvalue weighted by atomic mass is 10.3. The Hall–Kier alpha value is -0.900. The molecule has 1 aromatic heterocycles. The van der Waals surface area contributed by atoms with Crippen molar-refractivity contribution in [2.24, 2.45) is 0 Å². The van der Waals surface area contributed by atoms with E-state index in [1.807, 2.05) is 13.0 Å². The first kappa shape index (κ1) is 9.19.